The third-order valence-electron chi connectivity index (χ3n) is 3.97. The monoisotopic (exact) mass is 290 g/mol. The molecule has 108 valence electrons. The van der Waals surface area contributed by atoms with Crippen LogP contribution in [0, 0.1) is 0 Å². The summed E-state index contributed by atoms with van der Waals surface area (Å²) in [5, 5.41) is 15.2. The second kappa shape index (κ2) is 5.80. The van der Waals surface area contributed by atoms with Gasteiger partial charge in [0.2, 0.25) is 0 Å². The molecule has 0 bridgehead atoms. The van der Waals surface area contributed by atoms with Crippen molar-refractivity contribution in [3.63, 3.8) is 0 Å². The summed E-state index contributed by atoms with van der Waals surface area (Å²) < 4.78 is 1.20. The topological polar surface area (TPSA) is 45.2 Å². The van der Waals surface area contributed by atoms with Gasteiger partial charge in [0.05, 0.1) is 20.8 Å². The van der Waals surface area contributed by atoms with Crippen LogP contribution >= 0.6 is 11.3 Å². The number of aliphatic hydroxyl groups is 1. The Morgan fingerprint density at radius 2 is 2.25 bits per heavy atom. The fourth-order valence-electron chi connectivity index (χ4n) is 3.02. The zero-order valence-corrected chi connectivity index (χ0v) is 12.7. The first-order valence-corrected chi connectivity index (χ1v) is 8.24. The largest absolute Gasteiger partial charge is 0.390 e. The van der Waals surface area contributed by atoms with Crippen molar-refractivity contribution in [3.8, 4) is 0 Å². The summed E-state index contributed by atoms with van der Waals surface area (Å²) >= 11 is 1.69. The third-order valence-corrected chi connectivity index (χ3v) is 5.01. The van der Waals surface area contributed by atoms with Crippen molar-refractivity contribution < 1.29 is 5.11 Å². The Morgan fingerprint density at radius 3 is 3.00 bits per heavy atom. The van der Waals surface area contributed by atoms with Crippen molar-refractivity contribution in [2.75, 3.05) is 6.54 Å². The summed E-state index contributed by atoms with van der Waals surface area (Å²) in [4.78, 5) is 4.63. The molecule has 1 saturated heterocycles. The van der Waals surface area contributed by atoms with E-state index in [9.17, 15) is 5.11 Å². The minimum atomic E-state index is -0.678. The Hall–Kier alpha value is -0.970. The van der Waals surface area contributed by atoms with E-state index in [2.05, 4.69) is 16.4 Å². The second-order valence-electron chi connectivity index (χ2n) is 6.10. The molecule has 2 heterocycles. The predicted molar refractivity (Wildman–Crippen MR) is 84.2 cm³/mol. The number of hydrogen-bond acceptors (Lipinski definition) is 4. The van der Waals surface area contributed by atoms with Crippen LogP contribution < -0.4 is 5.32 Å². The van der Waals surface area contributed by atoms with Gasteiger partial charge in [-0.2, -0.15) is 0 Å². The van der Waals surface area contributed by atoms with Gasteiger partial charge in [0.1, 0.15) is 0 Å². The lowest BCUT2D eigenvalue weighted by atomic mass is 9.89. The molecular weight excluding hydrogens is 268 g/mol. The third kappa shape index (κ3) is 3.37. The lowest BCUT2D eigenvalue weighted by Crippen LogP contribution is -2.41. The molecule has 1 fully saturated rings. The van der Waals surface area contributed by atoms with Crippen molar-refractivity contribution in [2.24, 2.45) is 0 Å². The van der Waals surface area contributed by atoms with E-state index in [4.69, 9.17) is 0 Å². The highest BCUT2D eigenvalue weighted by molar-refractivity contribution is 7.18. The summed E-state index contributed by atoms with van der Waals surface area (Å²) in [6.07, 6.45) is 5.16. The predicted octanol–water partition coefficient (Wildman–Crippen LogP) is 3.12. The number of benzene rings is 1. The lowest BCUT2D eigenvalue weighted by molar-refractivity contribution is 0.0371. The van der Waals surface area contributed by atoms with E-state index in [-0.39, 0.29) is 0 Å². The van der Waals surface area contributed by atoms with Gasteiger partial charge in [-0.15, -0.1) is 11.3 Å². The second-order valence-corrected chi connectivity index (χ2v) is 7.22. The van der Waals surface area contributed by atoms with Crippen LogP contribution in [0.25, 0.3) is 10.2 Å². The molecular formula is C16H22N2OS. The highest BCUT2D eigenvalue weighted by Crippen LogP contribution is 2.27. The number of nitrogens with zero attached hydrogens (tertiary/aromatic N) is 1. The van der Waals surface area contributed by atoms with Crippen LogP contribution in [0.15, 0.2) is 24.3 Å². The molecule has 2 unspecified atom stereocenters. The number of aromatic nitrogens is 1. The van der Waals surface area contributed by atoms with E-state index in [1.165, 1.54) is 24.0 Å². The van der Waals surface area contributed by atoms with Crippen molar-refractivity contribution in [3.05, 3.63) is 29.3 Å². The van der Waals surface area contributed by atoms with Crippen LogP contribution in [-0.4, -0.2) is 28.3 Å². The lowest BCUT2D eigenvalue weighted by Gasteiger charge is -2.31. The van der Waals surface area contributed by atoms with Gasteiger partial charge in [0.25, 0.3) is 0 Å². The van der Waals surface area contributed by atoms with Crippen molar-refractivity contribution in [1.29, 1.82) is 0 Å². The van der Waals surface area contributed by atoms with Crippen LogP contribution in [0.2, 0.25) is 0 Å². The highest BCUT2D eigenvalue weighted by Gasteiger charge is 2.28. The van der Waals surface area contributed by atoms with Crippen LogP contribution in [0.4, 0.5) is 0 Å². The zero-order valence-electron chi connectivity index (χ0n) is 11.9. The average molecular weight is 290 g/mol. The fourth-order valence-corrected chi connectivity index (χ4v) is 4.17. The standard InChI is InChI=1S/C16H22N2OS/c1-16(19,10-12-6-4-5-9-17-12)11-15-18-13-7-2-3-8-14(13)20-15/h2-3,7-8,12,17,19H,4-6,9-11H2,1H3. The number of rotatable bonds is 4. The Labute approximate surface area is 124 Å². The molecule has 3 nitrogen and oxygen atoms in total. The molecule has 3 rings (SSSR count). The molecule has 0 aliphatic carbocycles. The molecule has 0 amide bonds. The van der Waals surface area contributed by atoms with Crippen molar-refractivity contribution >= 4 is 21.6 Å². The van der Waals surface area contributed by atoms with E-state index in [1.54, 1.807) is 11.3 Å². The van der Waals surface area contributed by atoms with Gasteiger partial charge in [-0.25, -0.2) is 4.98 Å². The van der Waals surface area contributed by atoms with Gasteiger partial charge in [-0.1, -0.05) is 18.6 Å². The first kappa shape index (κ1) is 14.0. The minimum absolute atomic E-state index is 0.452. The minimum Gasteiger partial charge on any atom is -0.390 e. The number of nitrogens with one attached hydrogen (secondary N) is 1. The molecule has 2 aromatic rings. The van der Waals surface area contributed by atoms with Crippen molar-refractivity contribution in [1.82, 2.24) is 10.3 Å². The van der Waals surface area contributed by atoms with Gasteiger partial charge in [-0.05, 0) is 44.9 Å². The number of fused-ring (bicyclic) bond motifs is 1. The molecule has 1 aliphatic heterocycles. The van der Waals surface area contributed by atoms with Gasteiger partial charge in [0, 0.05) is 12.5 Å². The van der Waals surface area contributed by atoms with Gasteiger partial charge in [0.15, 0.2) is 0 Å². The Balaban J connectivity index is 1.68. The number of thiazole rings is 1. The first-order chi connectivity index (χ1) is 9.62. The van der Waals surface area contributed by atoms with Gasteiger partial charge < -0.3 is 10.4 Å². The fraction of sp³-hybridized carbons (Fsp3) is 0.562. The molecule has 20 heavy (non-hydrogen) atoms. The zero-order chi connectivity index (χ0) is 14.0. The molecule has 1 aliphatic rings. The summed E-state index contributed by atoms with van der Waals surface area (Å²) in [6.45, 7) is 3.03. The molecule has 1 aromatic carbocycles. The van der Waals surface area contributed by atoms with E-state index in [0.717, 1.165) is 23.5 Å². The maximum Gasteiger partial charge on any atom is 0.0967 e. The maximum atomic E-state index is 10.7. The number of piperidine rings is 1. The summed E-state index contributed by atoms with van der Waals surface area (Å²) in [7, 11) is 0. The first-order valence-electron chi connectivity index (χ1n) is 7.43. The highest BCUT2D eigenvalue weighted by atomic mass is 32.1. The number of hydrogen-bond donors (Lipinski definition) is 2. The molecule has 0 saturated carbocycles. The van der Waals surface area contributed by atoms with E-state index < -0.39 is 5.60 Å². The Kier molecular flexibility index (Phi) is 4.06. The molecule has 4 heteroatoms. The molecule has 1 aromatic heterocycles. The Bertz CT molecular complexity index is 540. The van der Waals surface area contributed by atoms with Crippen LogP contribution in [0.5, 0.6) is 0 Å². The van der Waals surface area contributed by atoms with Gasteiger partial charge >= 0.3 is 0 Å². The summed E-state index contributed by atoms with van der Waals surface area (Å²) in [6, 6.07) is 8.62. The van der Waals surface area contributed by atoms with Crippen LogP contribution in [-0.2, 0) is 6.42 Å². The molecule has 0 spiro atoms. The average Bonchev–Trinajstić information content (AvgIpc) is 2.80. The van der Waals surface area contributed by atoms with E-state index in [1.807, 2.05) is 25.1 Å². The van der Waals surface area contributed by atoms with E-state index in [0.29, 0.717) is 12.5 Å². The van der Waals surface area contributed by atoms with Crippen LogP contribution in [0.3, 0.4) is 0 Å². The summed E-state index contributed by atoms with van der Waals surface area (Å²) in [5.41, 5.74) is 0.363. The smallest absolute Gasteiger partial charge is 0.0967 e. The number of para-hydroxylation sites is 1. The van der Waals surface area contributed by atoms with Gasteiger partial charge in [-0.3, -0.25) is 0 Å². The Morgan fingerprint density at radius 1 is 1.40 bits per heavy atom. The summed E-state index contributed by atoms with van der Waals surface area (Å²) in [5.74, 6) is 0. The van der Waals surface area contributed by atoms with Crippen LogP contribution in [0.1, 0.15) is 37.6 Å². The quantitative estimate of drug-likeness (QED) is 0.909. The normalized spacial score (nSPS) is 22.8. The van der Waals surface area contributed by atoms with E-state index >= 15 is 0 Å². The molecule has 2 N–H and O–H groups in total. The molecule has 0 radical (unpaired) electrons. The van der Waals surface area contributed by atoms with Crippen molar-refractivity contribution in [2.45, 2.75) is 50.7 Å². The molecule has 2 atom stereocenters. The maximum absolute atomic E-state index is 10.7. The SMILES string of the molecule is CC(O)(Cc1nc2ccccc2s1)CC1CCCCN1.